The maximum Gasteiger partial charge on any atom is 0.240 e. The van der Waals surface area contributed by atoms with Crippen LogP contribution in [0, 0.1) is 5.41 Å². The standard InChI is InChI=1S/C15H23NO4S/c1-15(7-10-20-11-8-15)12-16-21(18,19)14-4-2-13(3-5-14)6-9-17/h2-5,16-17H,6-12H2,1H3. The summed E-state index contributed by atoms with van der Waals surface area (Å²) >= 11 is 0. The van der Waals surface area contributed by atoms with Crippen molar-refractivity contribution >= 4 is 10.0 Å². The van der Waals surface area contributed by atoms with Crippen LogP contribution in [-0.2, 0) is 21.2 Å². The van der Waals surface area contributed by atoms with Gasteiger partial charge in [0, 0.05) is 26.4 Å². The Morgan fingerprint density at radius 2 is 1.86 bits per heavy atom. The van der Waals surface area contributed by atoms with E-state index in [0.29, 0.717) is 26.2 Å². The fourth-order valence-electron chi connectivity index (χ4n) is 2.36. The molecule has 0 saturated carbocycles. The average molecular weight is 313 g/mol. The lowest BCUT2D eigenvalue weighted by Crippen LogP contribution is -2.39. The van der Waals surface area contributed by atoms with Crippen molar-refractivity contribution in [2.24, 2.45) is 5.41 Å². The molecule has 1 heterocycles. The Balaban J connectivity index is 2.00. The van der Waals surface area contributed by atoms with Crippen molar-refractivity contribution in [3.63, 3.8) is 0 Å². The van der Waals surface area contributed by atoms with E-state index >= 15 is 0 Å². The van der Waals surface area contributed by atoms with Gasteiger partial charge in [-0.2, -0.15) is 0 Å². The Morgan fingerprint density at radius 3 is 2.43 bits per heavy atom. The molecule has 0 radical (unpaired) electrons. The summed E-state index contributed by atoms with van der Waals surface area (Å²) in [6.45, 7) is 3.95. The minimum Gasteiger partial charge on any atom is -0.396 e. The molecule has 21 heavy (non-hydrogen) atoms. The second-order valence-electron chi connectivity index (χ2n) is 5.87. The van der Waals surface area contributed by atoms with Gasteiger partial charge in [0.15, 0.2) is 0 Å². The number of ether oxygens (including phenoxy) is 1. The van der Waals surface area contributed by atoms with Gasteiger partial charge in [0.05, 0.1) is 4.90 Å². The Bertz CT molecular complexity index is 548. The number of aliphatic hydroxyl groups is 1. The molecule has 1 aliphatic rings. The summed E-state index contributed by atoms with van der Waals surface area (Å²) in [5, 5.41) is 8.86. The molecule has 0 atom stereocenters. The highest BCUT2D eigenvalue weighted by molar-refractivity contribution is 7.89. The molecule has 0 aromatic heterocycles. The van der Waals surface area contributed by atoms with Crippen LogP contribution >= 0.6 is 0 Å². The number of rotatable bonds is 6. The van der Waals surface area contributed by atoms with Crippen molar-refractivity contribution in [2.75, 3.05) is 26.4 Å². The topological polar surface area (TPSA) is 75.6 Å². The molecular formula is C15H23NO4S. The Labute approximate surface area is 126 Å². The van der Waals surface area contributed by atoms with Gasteiger partial charge in [-0.3, -0.25) is 0 Å². The highest BCUT2D eigenvalue weighted by Gasteiger charge is 2.29. The van der Waals surface area contributed by atoms with E-state index in [9.17, 15) is 8.42 Å². The summed E-state index contributed by atoms with van der Waals surface area (Å²) in [6.07, 6.45) is 2.27. The first kappa shape index (κ1) is 16.4. The van der Waals surface area contributed by atoms with E-state index in [-0.39, 0.29) is 16.9 Å². The molecule has 118 valence electrons. The van der Waals surface area contributed by atoms with Crippen molar-refractivity contribution in [3.8, 4) is 0 Å². The van der Waals surface area contributed by atoms with Gasteiger partial charge in [0.2, 0.25) is 10.0 Å². The minimum absolute atomic E-state index is 0.0395. The lowest BCUT2D eigenvalue weighted by molar-refractivity contribution is 0.0265. The molecule has 1 fully saturated rings. The lowest BCUT2D eigenvalue weighted by Gasteiger charge is -2.33. The molecule has 1 aliphatic heterocycles. The van der Waals surface area contributed by atoms with Crippen molar-refractivity contribution in [1.29, 1.82) is 0 Å². The molecule has 6 heteroatoms. The number of hydrogen-bond donors (Lipinski definition) is 2. The van der Waals surface area contributed by atoms with Gasteiger partial charge in [0.1, 0.15) is 0 Å². The zero-order valence-electron chi connectivity index (χ0n) is 12.3. The fraction of sp³-hybridized carbons (Fsp3) is 0.600. The van der Waals surface area contributed by atoms with Gasteiger partial charge in [-0.05, 0) is 42.4 Å². The maximum absolute atomic E-state index is 12.3. The molecule has 2 N–H and O–H groups in total. The molecular weight excluding hydrogens is 290 g/mol. The molecule has 2 rings (SSSR count). The maximum atomic E-state index is 12.3. The zero-order chi connectivity index (χ0) is 15.3. The molecule has 1 aromatic carbocycles. The molecule has 0 aliphatic carbocycles. The van der Waals surface area contributed by atoms with Gasteiger partial charge >= 0.3 is 0 Å². The molecule has 0 amide bonds. The molecule has 5 nitrogen and oxygen atoms in total. The zero-order valence-corrected chi connectivity index (χ0v) is 13.2. The molecule has 0 unspecified atom stereocenters. The number of sulfonamides is 1. The van der Waals surface area contributed by atoms with E-state index < -0.39 is 10.0 Å². The second-order valence-corrected chi connectivity index (χ2v) is 7.63. The predicted octanol–water partition coefficient (Wildman–Crippen LogP) is 1.32. The van der Waals surface area contributed by atoms with Crippen molar-refractivity contribution < 1.29 is 18.3 Å². The van der Waals surface area contributed by atoms with Crippen LogP contribution in [0.1, 0.15) is 25.3 Å². The first-order chi connectivity index (χ1) is 9.95. The van der Waals surface area contributed by atoms with Crippen LogP contribution in [0.25, 0.3) is 0 Å². The fourth-order valence-corrected chi connectivity index (χ4v) is 3.56. The van der Waals surface area contributed by atoms with Crippen LogP contribution in [-0.4, -0.2) is 39.9 Å². The second kappa shape index (κ2) is 6.87. The van der Waals surface area contributed by atoms with Crippen LogP contribution in [0.4, 0.5) is 0 Å². The number of nitrogens with one attached hydrogen (secondary N) is 1. The van der Waals surface area contributed by atoms with Crippen molar-refractivity contribution in [1.82, 2.24) is 4.72 Å². The van der Waals surface area contributed by atoms with Crippen LogP contribution in [0.3, 0.4) is 0 Å². The van der Waals surface area contributed by atoms with Gasteiger partial charge in [-0.15, -0.1) is 0 Å². The summed E-state index contributed by atoms with van der Waals surface area (Å²) in [6, 6.07) is 6.64. The van der Waals surface area contributed by atoms with Gasteiger partial charge in [0.25, 0.3) is 0 Å². The molecule has 1 aromatic rings. The van der Waals surface area contributed by atoms with Crippen LogP contribution in [0.2, 0.25) is 0 Å². The third-order valence-corrected chi connectivity index (χ3v) is 5.44. The Kier molecular flexibility index (Phi) is 5.37. The SMILES string of the molecule is CC1(CNS(=O)(=O)c2ccc(CCO)cc2)CCOCC1. The van der Waals surface area contributed by atoms with Gasteiger partial charge in [-0.1, -0.05) is 19.1 Å². The Hall–Kier alpha value is -0.950. The molecule has 1 saturated heterocycles. The summed E-state index contributed by atoms with van der Waals surface area (Å²) in [5.74, 6) is 0. The van der Waals surface area contributed by atoms with Crippen LogP contribution in [0.15, 0.2) is 29.2 Å². The van der Waals surface area contributed by atoms with E-state index in [2.05, 4.69) is 11.6 Å². The highest BCUT2D eigenvalue weighted by atomic mass is 32.2. The highest BCUT2D eigenvalue weighted by Crippen LogP contribution is 2.29. The first-order valence-electron chi connectivity index (χ1n) is 7.22. The number of benzene rings is 1. The quantitative estimate of drug-likeness (QED) is 0.830. The summed E-state index contributed by atoms with van der Waals surface area (Å²) in [5.41, 5.74) is 0.884. The van der Waals surface area contributed by atoms with Gasteiger partial charge in [-0.25, -0.2) is 13.1 Å². The van der Waals surface area contributed by atoms with E-state index in [1.165, 1.54) is 0 Å². The lowest BCUT2D eigenvalue weighted by atomic mass is 9.83. The summed E-state index contributed by atoms with van der Waals surface area (Å²) in [7, 11) is -3.48. The normalized spacial score (nSPS) is 18.6. The Morgan fingerprint density at radius 1 is 1.24 bits per heavy atom. The predicted molar refractivity (Wildman–Crippen MR) is 80.6 cm³/mol. The van der Waals surface area contributed by atoms with E-state index in [1.54, 1.807) is 24.3 Å². The van der Waals surface area contributed by atoms with Crippen molar-refractivity contribution in [2.45, 2.75) is 31.1 Å². The van der Waals surface area contributed by atoms with Crippen molar-refractivity contribution in [3.05, 3.63) is 29.8 Å². The van der Waals surface area contributed by atoms with Crippen LogP contribution in [0.5, 0.6) is 0 Å². The smallest absolute Gasteiger partial charge is 0.240 e. The summed E-state index contributed by atoms with van der Waals surface area (Å²) in [4.78, 5) is 0.264. The third kappa shape index (κ3) is 4.51. The number of hydrogen-bond acceptors (Lipinski definition) is 4. The van der Waals surface area contributed by atoms with E-state index in [1.807, 2.05) is 0 Å². The third-order valence-electron chi connectivity index (χ3n) is 4.02. The van der Waals surface area contributed by atoms with E-state index in [4.69, 9.17) is 9.84 Å². The molecule has 0 spiro atoms. The monoisotopic (exact) mass is 313 g/mol. The first-order valence-corrected chi connectivity index (χ1v) is 8.71. The number of aliphatic hydroxyl groups excluding tert-OH is 1. The summed E-state index contributed by atoms with van der Waals surface area (Å²) < 4.78 is 32.6. The minimum atomic E-state index is -3.48. The molecule has 0 bridgehead atoms. The van der Waals surface area contributed by atoms with Gasteiger partial charge < -0.3 is 9.84 Å². The van der Waals surface area contributed by atoms with E-state index in [0.717, 1.165) is 18.4 Å². The largest absolute Gasteiger partial charge is 0.396 e. The van der Waals surface area contributed by atoms with Crippen LogP contribution < -0.4 is 4.72 Å². The average Bonchev–Trinajstić information content (AvgIpc) is 2.47.